The highest BCUT2D eigenvalue weighted by Gasteiger charge is 2.57. The minimum absolute atomic E-state index is 0.110. The number of nitrogens with one attached hydrogen (secondary N) is 1. The van der Waals surface area contributed by atoms with Crippen molar-refractivity contribution in [3.63, 3.8) is 0 Å². The molecular weight excluding hydrogens is 518 g/mol. The van der Waals surface area contributed by atoms with Crippen LogP contribution < -0.4 is 10.1 Å². The highest BCUT2D eigenvalue weighted by atomic mass is 16.7. The van der Waals surface area contributed by atoms with Gasteiger partial charge in [0.25, 0.3) is 0 Å². The van der Waals surface area contributed by atoms with Crippen molar-refractivity contribution in [1.29, 1.82) is 0 Å². The van der Waals surface area contributed by atoms with Gasteiger partial charge in [0, 0.05) is 30.2 Å². The van der Waals surface area contributed by atoms with E-state index < -0.39 is 11.5 Å². The maximum atomic E-state index is 13.8. The van der Waals surface area contributed by atoms with Crippen LogP contribution in [0.3, 0.4) is 0 Å². The second-order valence-electron chi connectivity index (χ2n) is 12.4. The molecule has 7 nitrogen and oxygen atoms in total. The molecule has 0 saturated carbocycles. The third-order valence-electron chi connectivity index (χ3n) is 10.2. The maximum absolute atomic E-state index is 13.8. The second kappa shape index (κ2) is 9.24. The molecule has 3 aliphatic carbocycles. The Hall–Kier alpha value is -3.52. The summed E-state index contributed by atoms with van der Waals surface area (Å²) in [6, 6.07) is 24.3. The summed E-state index contributed by atoms with van der Waals surface area (Å²) in [4.78, 5) is 26.5. The Morgan fingerprint density at radius 2 is 1.66 bits per heavy atom. The van der Waals surface area contributed by atoms with E-state index in [9.17, 15) is 9.59 Å². The van der Waals surface area contributed by atoms with Gasteiger partial charge in [-0.15, -0.1) is 0 Å². The average molecular weight is 552 g/mol. The lowest BCUT2D eigenvalue weighted by Crippen LogP contribution is -2.49. The molecule has 6 aliphatic rings. The lowest BCUT2D eigenvalue weighted by molar-refractivity contribution is -0.147. The van der Waals surface area contributed by atoms with E-state index in [0.717, 1.165) is 12.0 Å². The van der Waals surface area contributed by atoms with Gasteiger partial charge in [-0.3, -0.25) is 14.9 Å². The zero-order valence-electron chi connectivity index (χ0n) is 23.1. The van der Waals surface area contributed by atoms with Crippen LogP contribution in [0.5, 0.6) is 5.75 Å². The number of benzene rings is 3. The normalized spacial score (nSPS) is 35.8. The molecule has 41 heavy (non-hydrogen) atoms. The molecule has 3 saturated heterocycles. The zero-order chi connectivity index (χ0) is 27.9. The summed E-state index contributed by atoms with van der Waals surface area (Å²) in [6.45, 7) is 2.45. The molecule has 0 radical (unpaired) electrons. The Labute approximate surface area is 239 Å². The Kier molecular flexibility index (Phi) is 5.68. The van der Waals surface area contributed by atoms with Crippen LogP contribution in [0.25, 0.3) is 0 Å². The molecular formula is C34H33NO6. The summed E-state index contributed by atoms with van der Waals surface area (Å²) >= 11 is 0. The third kappa shape index (κ3) is 3.75. The summed E-state index contributed by atoms with van der Waals surface area (Å²) in [6.07, 6.45) is 1.14. The molecule has 0 aromatic heterocycles. The van der Waals surface area contributed by atoms with Gasteiger partial charge < -0.3 is 18.9 Å². The molecule has 210 valence electrons. The summed E-state index contributed by atoms with van der Waals surface area (Å²) in [5, 5.41) is 3.38. The molecule has 3 aliphatic heterocycles. The molecule has 4 bridgehead atoms. The standard InChI is InChI=1S/C34H33NO6/c1-34(33(37)38-2)16-25(31(35-34)18-8-4-3-5-9-18)32(36)40-19-12-13-22-23(14-19)28-20-10-6-7-11-21(20)29(22)30-24(28)15-27-39-17-26(30)41-27/h3-14,24-31,35H,15-17H2,1-2H3/t24?,25-,26?,27-,28?,29?,30?,31-,34-/m1/s1. The molecule has 3 heterocycles. The van der Waals surface area contributed by atoms with Crippen molar-refractivity contribution < 1.29 is 28.5 Å². The summed E-state index contributed by atoms with van der Waals surface area (Å²) in [5.74, 6) is 0.483. The maximum Gasteiger partial charge on any atom is 0.325 e. The SMILES string of the molecule is COC(=O)[C@@]1(C)C[C@@H](C(=O)Oc2ccc3c(c2)C2c4ccccc4C3C3C4CO[C@@H](CC23)O4)[C@@H](c2ccccc2)N1. The van der Waals surface area contributed by atoms with E-state index in [1.807, 2.05) is 36.4 Å². The van der Waals surface area contributed by atoms with Crippen molar-refractivity contribution in [2.45, 2.75) is 55.6 Å². The molecule has 9 atom stereocenters. The van der Waals surface area contributed by atoms with Gasteiger partial charge in [0.2, 0.25) is 0 Å². The van der Waals surface area contributed by atoms with Crippen molar-refractivity contribution >= 4 is 11.9 Å². The third-order valence-corrected chi connectivity index (χ3v) is 10.2. The molecule has 3 aromatic carbocycles. The highest BCUT2D eigenvalue weighted by molar-refractivity contribution is 5.84. The molecule has 3 fully saturated rings. The smallest absolute Gasteiger partial charge is 0.325 e. The number of esters is 2. The minimum atomic E-state index is -0.989. The van der Waals surface area contributed by atoms with Crippen LogP contribution in [-0.2, 0) is 23.8 Å². The number of carbonyl (C=O) groups excluding carboxylic acids is 2. The second-order valence-corrected chi connectivity index (χ2v) is 12.4. The van der Waals surface area contributed by atoms with E-state index in [1.165, 1.54) is 29.4 Å². The number of hydrogen-bond donors (Lipinski definition) is 1. The van der Waals surface area contributed by atoms with Crippen molar-refractivity contribution in [3.8, 4) is 5.75 Å². The first kappa shape index (κ1) is 25.2. The van der Waals surface area contributed by atoms with Crippen LogP contribution >= 0.6 is 0 Å². The summed E-state index contributed by atoms with van der Waals surface area (Å²) in [7, 11) is 1.37. The molecule has 7 heteroatoms. The van der Waals surface area contributed by atoms with Crippen LogP contribution in [0.1, 0.15) is 65.5 Å². The van der Waals surface area contributed by atoms with E-state index >= 15 is 0 Å². The van der Waals surface area contributed by atoms with Crippen LogP contribution in [0.4, 0.5) is 0 Å². The van der Waals surface area contributed by atoms with Gasteiger partial charge in [0.15, 0.2) is 6.29 Å². The highest BCUT2D eigenvalue weighted by Crippen LogP contribution is 2.63. The number of carbonyl (C=O) groups is 2. The quantitative estimate of drug-likeness (QED) is 0.367. The lowest BCUT2D eigenvalue weighted by atomic mass is 9.52. The van der Waals surface area contributed by atoms with E-state index in [2.05, 4.69) is 41.7 Å². The number of ether oxygens (including phenoxy) is 4. The van der Waals surface area contributed by atoms with Crippen molar-refractivity contribution in [3.05, 3.63) is 101 Å². The van der Waals surface area contributed by atoms with Crippen molar-refractivity contribution in [1.82, 2.24) is 5.32 Å². The first-order chi connectivity index (χ1) is 19.9. The first-order valence-electron chi connectivity index (χ1n) is 14.6. The van der Waals surface area contributed by atoms with Gasteiger partial charge in [-0.1, -0.05) is 60.7 Å². The van der Waals surface area contributed by atoms with Gasteiger partial charge in [-0.25, -0.2) is 0 Å². The molecule has 3 aromatic rings. The van der Waals surface area contributed by atoms with Gasteiger partial charge in [-0.05, 0) is 59.2 Å². The summed E-state index contributed by atoms with van der Waals surface area (Å²) in [5.41, 5.74) is 5.24. The number of fused-ring (bicyclic) bond motifs is 2. The number of methoxy groups -OCH3 is 1. The minimum Gasteiger partial charge on any atom is -0.468 e. The predicted octanol–water partition coefficient (Wildman–Crippen LogP) is 4.84. The predicted molar refractivity (Wildman–Crippen MR) is 149 cm³/mol. The number of rotatable bonds is 4. The van der Waals surface area contributed by atoms with E-state index in [1.54, 1.807) is 6.92 Å². The Morgan fingerprint density at radius 1 is 0.927 bits per heavy atom. The van der Waals surface area contributed by atoms with E-state index in [0.29, 0.717) is 24.2 Å². The zero-order valence-corrected chi connectivity index (χ0v) is 23.1. The first-order valence-corrected chi connectivity index (χ1v) is 14.6. The molecule has 9 rings (SSSR count). The van der Waals surface area contributed by atoms with E-state index in [-0.39, 0.29) is 48.6 Å². The molecule has 0 spiro atoms. The average Bonchev–Trinajstić information content (AvgIpc) is 3.57. The van der Waals surface area contributed by atoms with Gasteiger partial charge in [-0.2, -0.15) is 0 Å². The Balaban J connectivity index is 1.13. The Morgan fingerprint density at radius 3 is 2.44 bits per heavy atom. The van der Waals surface area contributed by atoms with Crippen molar-refractivity contribution in [2.24, 2.45) is 17.8 Å². The largest absolute Gasteiger partial charge is 0.468 e. The van der Waals surface area contributed by atoms with Crippen LogP contribution in [0, 0.1) is 17.8 Å². The monoisotopic (exact) mass is 551 g/mol. The van der Waals surface area contributed by atoms with E-state index in [4.69, 9.17) is 18.9 Å². The van der Waals surface area contributed by atoms with Crippen LogP contribution in [0.15, 0.2) is 72.8 Å². The fraction of sp³-hybridized carbons (Fsp3) is 0.412. The molecule has 5 unspecified atom stereocenters. The molecule has 0 amide bonds. The van der Waals surface area contributed by atoms with Gasteiger partial charge >= 0.3 is 11.9 Å². The van der Waals surface area contributed by atoms with Crippen LogP contribution in [0.2, 0.25) is 0 Å². The van der Waals surface area contributed by atoms with Gasteiger partial charge in [0.05, 0.1) is 25.7 Å². The lowest BCUT2D eigenvalue weighted by Gasteiger charge is -2.54. The van der Waals surface area contributed by atoms with Gasteiger partial charge in [0.1, 0.15) is 11.3 Å². The fourth-order valence-corrected chi connectivity index (χ4v) is 8.55. The Bertz CT molecular complexity index is 1540. The van der Waals surface area contributed by atoms with Crippen molar-refractivity contribution in [2.75, 3.05) is 13.7 Å². The summed E-state index contributed by atoms with van der Waals surface area (Å²) < 4.78 is 23.4. The molecule has 1 N–H and O–H groups in total. The topological polar surface area (TPSA) is 83.1 Å². The fourth-order valence-electron chi connectivity index (χ4n) is 8.55. The van der Waals surface area contributed by atoms with Crippen LogP contribution in [-0.4, -0.2) is 43.6 Å². The number of hydrogen-bond acceptors (Lipinski definition) is 7.